The summed E-state index contributed by atoms with van der Waals surface area (Å²) in [4.78, 5) is 34.1. The second-order valence-corrected chi connectivity index (χ2v) is 5.73. The van der Waals surface area contributed by atoms with Crippen LogP contribution in [0.5, 0.6) is 0 Å². The second-order valence-electron chi connectivity index (χ2n) is 4.47. The van der Waals surface area contributed by atoms with Gasteiger partial charge < -0.3 is 5.11 Å². The molecule has 10 heteroatoms. The molecule has 2 rings (SSSR count). The van der Waals surface area contributed by atoms with E-state index in [4.69, 9.17) is 28.3 Å². The number of halogens is 2. The minimum absolute atomic E-state index is 0.0497. The molecule has 24 heavy (non-hydrogen) atoms. The number of hydrogen-bond donors (Lipinski definition) is 2. The Hall–Kier alpha value is -2.29. The van der Waals surface area contributed by atoms with E-state index >= 15 is 0 Å². The zero-order valence-electron chi connectivity index (χ0n) is 11.6. The van der Waals surface area contributed by atoms with Crippen LogP contribution in [-0.4, -0.2) is 22.4 Å². The molecule has 1 N–H and O–H groups in total. The number of aromatic carboxylic acids is 1. The Morgan fingerprint density at radius 3 is 2.42 bits per heavy atom. The summed E-state index contributed by atoms with van der Waals surface area (Å²) in [5.74, 6) is -1.34. The Labute approximate surface area is 151 Å². The van der Waals surface area contributed by atoms with Crippen molar-refractivity contribution in [3.8, 4) is 0 Å². The van der Waals surface area contributed by atoms with Gasteiger partial charge in [-0.3, -0.25) is 19.8 Å². The SMILES string of the molecule is O=CN(c1ccc(C(=O)O)cc1[N+](=O)[O-])c1c(Cl)ccc(Cl)c1S. The molecule has 0 spiro atoms. The van der Waals surface area contributed by atoms with Crippen molar-refractivity contribution < 1.29 is 19.6 Å². The second kappa shape index (κ2) is 7.08. The van der Waals surface area contributed by atoms with Crippen LogP contribution in [0.4, 0.5) is 17.1 Å². The highest BCUT2D eigenvalue weighted by Crippen LogP contribution is 2.42. The minimum atomic E-state index is -1.34. The van der Waals surface area contributed by atoms with Gasteiger partial charge >= 0.3 is 5.97 Å². The molecule has 2 aromatic carbocycles. The highest BCUT2D eigenvalue weighted by molar-refractivity contribution is 7.80. The Kier molecular flexibility index (Phi) is 5.33. The summed E-state index contributed by atoms with van der Waals surface area (Å²) >= 11 is 16.2. The standard InChI is InChI=1S/C14H8Cl2N2O5S/c15-8-2-3-9(16)13(24)12(8)17(6-19)10-4-1-7(14(20)21)5-11(10)18(22)23/h1-6,24H,(H,20,21). The molecular weight excluding hydrogens is 379 g/mol. The van der Waals surface area contributed by atoms with Crippen molar-refractivity contribution in [2.75, 3.05) is 4.90 Å². The molecule has 0 aromatic heterocycles. The predicted molar refractivity (Wildman–Crippen MR) is 92.0 cm³/mol. The number of thiol groups is 1. The molecule has 7 nitrogen and oxygen atoms in total. The van der Waals surface area contributed by atoms with Crippen LogP contribution >= 0.6 is 35.8 Å². The van der Waals surface area contributed by atoms with Crippen molar-refractivity contribution in [1.82, 2.24) is 0 Å². The number of anilines is 2. The van der Waals surface area contributed by atoms with E-state index in [0.29, 0.717) is 6.41 Å². The van der Waals surface area contributed by atoms with Crippen molar-refractivity contribution in [2.24, 2.45) is 0 Å². The van der Waals surface area contributed by atoms with Crippen molar-refractivity contribution in [1.29, 1.82) is 0 Å². The highest BCUT2D eigenvalue weighted by atomic mass is 35.5. The molecule has 124 valence electrons. The molecule has 0 aliphatic rings. The summed E-state index contributed by atoms with van der Waals surface area (Å²) in [6.45, 7) is 0. The first-order valence-electron chi connectivity index (χ1n) is 6.21. The Morgan fingerprint density at radius 2 is 1.88 bits per heavy atom. The number of nitro groups is 1. The predicted octanol–water partition coefficient (Wildman–Crippen LogP) is 4.18. The van der Waals surface area contributed by atoms with E-state index in [0.717, 1.165) is 23.1 Å². The lowest BCUT2D eigenvalue weighted by Gasteiger charge is -2.21. The van der Waals surface area contributed by atoms with Gasteiger partial charge in [0.25, 0.3) is 5.69 Å². The molecule has 1 amide bonds. The summed E-state index contributed by atoms with van der Waals surface area (Å²) in [6, 6.07) is 6.00. The normalized spacial score (nSPS) is 10.3. The summed E-state index contributed by atoms with van der Waals surface area (Å²) < 4.78 is 0. The smallest absolute Gasteiger partial charge is 0.335 e. The number of carbonyl (C=O) groups is 2. The van der Waals surface area contributed by atoms with Gasteiger partial charge in [-0.2, -0.15) is 0 Å². The van der Waals surface area contributed by atoms with E-state index in [9.17, 15) is 19.7 Å². The van der Waals surface area contributed by atoms with Crippen LogP contribution in [0.2, 0.25) is 10.0 Å². The fourth-order valence-corrected chi connectivity index (χ4v) is 2.77. The maximum Gasteiger partial charge on any atom is 0.335 e. The third kappa shape index (κ3) is 3.30. The van der Waals surface area contributed by atoms with E-state index in [1.165, 1.54) is 12.1 Å². The van der Waals surface area contributed by atoms with Gasteiger partial charge in [0.15, 0.2) is 0 Å². The largest absolute Gasteiger partial charge is 0.478 e. The fraction of sp³-hybridized carbons (Fsp3) is 0. The maximum atomic E-state index is 11.6. The zero-order valence-corrected chi connectivity index (χ0v) is 14.0. The van der Waals surface area contributed by atoms with Gasteiger partial charge in [0.1, 0.15) is 5.69 Å². The number of hydrogen-bond acceptors (Lipinski definition) is 5. The first kappa shape index (κ1) is 18.1. The first-order chi connectivity index (χ1) is 11.3. The van der Waals surface area contributed by atoms with E-state index < -0.39 is 16.6 Å². The molecular formula is C14H8Cl2N2O5S. The van der Waals surface area contributed by atoms with Gasteiger partial charge in [0.05, 0.1) is 26.2 Å². The molecule has 0 aliphatic carbocycles. The third-order valence-electron chi connectivity index (χ3n) is 3.08. The average Bonchev–Trinajstić information content (AvgIpc) is 2.54. The summed E-state index contributed by atoms with van der Waals surface area (Å²) in [5, 5.41) is 20.5. The molecule has 0 heterocycles. The number of carboxylic acids is 1. The molecule has 0 saturated heterocycles. The lowest BCUT2D eigenvalue weighted by molar-refractivity contribution is -0.384. The lowest BCUT2D eigenvalue weighted by Crippen LogP contribution is -2.17. The van der Waals surface area contributed by atoms with Crippen LogP contribution in [0.25, 0.3) is 0 Å². The number of nitro benzene ring substituents is 1. The Bertz CT molecular complexity index is 859. The van der Waals surface area contributed by atoms with E-state index in [1.54, 1.807) is 0 Å². The van der Waals surface area contributed by atoms with Gasteiger partial charge in [-0.05, 0) is 24.3 Å². The van der Waals surface area contributed by atoms with Crippen molar-refractivity contribution >= 4 is 65.3 Å². The molecule has 0 atom stereocenters. The first-order valence-corrected chi connectivity index (χ1v) is 7.41. The lowest BCUT2D eigenvalue weighted by atomic mass is 10.1. The third-order valence-corrected chi connectivity index (χ3v) is 4.28. The van der Waals surface area contributed by atoms with Gasteiger partial charge in [0.2, 0.25) is 6.41 Å². The molecule has 0 unspecified atom stereocenters. The van der Waals surface area contributed by atoms with E-state index in [1.807, 2.05) is 0 Å². The van der Waals surface area contributed by atoms with E-state index in [2.05, 4.69) is 12.6 Å². The topological polar surface area (TPSA) is 101 Å². The van der Waals surface area contributed by atoms with Crippen molar-refractivity contribution in [2.45, 2.75) is 4.90 Å². The van der Waals surface area contributed by atoms with Gasteiger partial charge in [0, 0.05) is 11.0 Å². The average molecular weight is 387 g/mol. The zero-order chi connectivity index (χ0) is 18.0. The van der Waals surface area contributed by atoms with E-state index in [-0.39, 0.29) is 31.9 Å². The number of rotatable bonds is 5. The Balaban J connectivity index is 2.73. The summed E-state index contributed by atoms with van der Waals surface area (Å²) in [6.07, 6.45) is 0.306. The van der Waals surface area contributed by atoms with Crippen molar-refractivity contribution in [3.63, 3.8) is 0 Å². The van der Waals surface area contributed by atoms with Crippen LogP contribution in [0.1, 0.15) is 10.4 Å². The minimum Gasteiger partial charge on any atom is -0.478 e. The quantitative estimate of drug-likeness (QED) is 0.347. The molecule has 0 fully saturated rings. The summed E-state index contributed by atoms with van der Waals surface area (Å²) in [5.41, 5.74) is -0.987. The molecule has 0 saturated carbocycles. The monoisotopic (exact) mass is 386 g/mol. The number of carboxylic acid groups (broad SMARTS) is 1. The molecule has 2 aromatic rings. The number of nitrogens with zero attached hydrogens (tertiary/aromatic N) is 2. The molecule has 0 bridgehead atoms. The van der Waals surface area contributed by atoms with Crippen LogP contribution in [0, 0.1) is 10.1 Å². The van der Waals surface area contributed by atoms with Crippen LogP contribution in [0.15, 0.2) is 35.2 Å². The summed E-state index contributed by atoms with van der Waals surface area (Å²) in [7, 11) is 0. The Morgan fingerprint density at radius 1 is 1.25 bits per heavy atom. The maximum absolute atomic E-state index is 11.6. The van der Waals surface area contributed by atoms with Crippen LogP contribution in [0.3, 0.4) is 0 Å². The number of amides is 1. The fourth-order valence-electron chi connectivity index (χ4n) is 2.00. The number of carbonyl (C=O) groups excluding carboxylic acids is 1. The molecule has 0 aliphatic heterocycles. The van der Waals surface area contributed by atoms with Crippen LogP contribution < -0.4 is 4.90 Å². The van der Waals surface area contributed by atoms with Gasteiger partial charge in [-0.15, -0.1) is 12.6 Å². The number of benzene rings is 2. The van der Waals surface area contributed by atoms with Crippen LogP contribution in [-0.2, 0) is 4.79 Å². The van der Waals surface area contributed by atoms with Gasteiger partial charge in [-0.25, -0.2) is 4.79 Å². The molecule has 0 radical (unpaired) electrons. The highest BCUT2D eigenvalue weighted by Gasteiger charge is 2.26. The van der Waals surface area contributed by atoms with Gasteiger partial charge in [-0.1, -0.05) is 23.2 Å². The van der Waals surface area contributed by atoms with Crippen molar-refractivity contribution in [3.05, 3.63) is 56.1 Å².